The molecule has 0 radical (unpaired) electrons. The first-order chi connectivity index (χ1) is 11.9. The molecule has 25 heavy (non-hydrogen) atoms. The molecule has 0 saturated carbocycles. The number of halogens is 2. The zero-order valence-electron chi connectivity index (χ0n) is 13.9. The number of hydrogen-bond donors (Lipinski definition) is 2. The highest BCUT2D eigenvalue weighted by molar-refractivity contribution is 9.10. The van der Waals surface area contributed by atoms with E-state index in [4.69, 9.17) is 11.6 Å². The number of nitrogens with one attached hydrogen (secondary N) is 1. The van der Waals surface area contributed by atoms with Gasteiger partial charge in [-0.05, 0) is 55.8 Å². The minimum atomic E-state index is 0.183. The van der Waals surface area contributed by atoms with Gasteiger partial charge in [-0.3, -0.25) is 0 Å². The van der Waals surface area contributed by atoms with Crippen LogP contribution in [0.4, 0.5) is 5.82 Å². The van der Waals surface area contributed by atoms with Gasteiger partial charge in [0.1, 0.15) is 11.6 Å². The molecular formula is C20H18BrClN2O. The Kier molecular flexibility index (Phi) is 5.30. The predicted molar refractivity (Wildman–Crippen MR) is 108 cm³/mol. The third-order valence-electron chi connectivity index (χ3n) is 3.68. The Morgan fingerprint density at radius 1 is 1.04 bits per heavy atom. The average Bonchev–Trinajstić information content (AvgIpc) is 2.56. The fourth-order valence-corrected chi connectivity index (χ4v) is 3.21. The standard InChI is InChI=1S/C20H18BrClN2O/c1-12(2)23-20-10-13(15-5-3-4-6-17(15)22)9-18(24-20)16-11-14(21)7-8-19(16)25/h3-12,25H,1-2H3,(H,23,24). The fourth-order valence-electron chi connectivity index (χ4n) is 2.60. The van der Waals surface area contributed by atoms with Crippen LogP contribution < -0.4 is 5.32 Å². The van der Waals surface area contributed by atoms with Crippen LogP contribution in [0.25, 0.3) is 22.4 Å². The monoisotopic (exact) mass is 416 g/mol. The minimum Gasteiger partial charge on any atom is -0.507 e. The quantitative estimate of drug-likeness (QED) is 0.519. The van der Waals surface area contributed by atoms with Gasteiger partial charge in [-0.1, -0.05) is 45.7 Å². The van der Waals surface area contributed by atoms with Gasteiger partial charge in [0, 0.05) is 26.7 Å². The van der Waals surface area contributed by atoms with E-state index in [0.717, 1.165) is 21.4 Å². The Morgan fingerprint density at radius 2 is 1.80 bits per heavy atom. The molecule has 3 nitrogen and oxygen atoms in total. The summed E-state index contributed by atoms with van der Waals surface area (Å²) in [6.07, 6.45) is 0. The van der Waals surface area contributed by atoms with Crippen LogP contribution in [0.3, 0.4) is 0 Å². The molecule has 0 spiro atoms. The van der Waals surface area contributed by atoms with Crippen molar-refractivity contribution in [3.63, 3.8) is 0 Å². The van der Waals surface area contributed by atoms with Crippen LogP contribution in [-0.4, -0.2) is 16.1 Å². The lowest BCUT2D eigenvalue weighted by Crippen LogP contribution is -2.11. The fraction of sp³-hybridized carbons (Fsp3) is 0.150. The lowest BCUT2D eigenvalue weighted by Gasteiger charge is -2.14. The van der Waals surface area contributed by atoms with Crippen molar-refractivity contribution in [2.24, 2.45) is 0 Å². The molecule has 0 atom stereocenters. The molecule has 1 aromatic heterocycles. The van der Waals surface area contributed by atoms with E-state index < -0.39 is 0 Å². The van der Waals surface area contributed by atoms with Crippen LogP contribution in [0, 0.1) is 0 Å². The summed E-state index contributed by atoms with van der Waals surface area (Å²) in [4.78, 5) is 4.67. The molecule has 1 heterocycles. The van der Waals surface area contributed by atoms with Crippen molar-refractivity contribution in [2.75, 3.05) is 5.32 Å². The molecule has 3 aromatic rings. The van der Waals surface area contributed by atoms with E-state index >= 15 is 0 Å². The molecule has 3 rings (SSSR count). The maximum atomic E-state index is 10.3. The van der Waals surface area contributed by atoms with E-state index in [2.05, 4.69) is 40.1 Å². The number of phenols is 1. The van der Waals surface area contributed by atoms with Gasteiger partial charge in [-0.2, -0.15) is 0 Å². The predicted octanol–water partition coefficient (Wildman–Crippen LogP) is 6.36. The number of phenolic OH excluding ortho intramolecular Hbond substituents is 1. The summed E-state index contributed by atoms with van der Waals surface area (Å²) in [6, 6.07) is 17.1. The Labute approximate surface area is 160 Å². The zero-order chi connectivity index (χ0) is 18.0. The van der Waals surface area contributed by atoms with Crippen molar-refractivity contribution in [2.45, 2.75) is 19.9 Å². The highest BCUT2D eigenvalue weighted by atomic mass is 79.9. The van der Waals surface area contributed by atoms with Gasteiger partial charge in [0.2, 0.25) is 0 Å². The van der Waals surface area contributed by atoms with Crippen molar-refractivity contribution < 1.29 is 5.11 Å². The summed E-state index contributed by atoms with van der Waals surface area (Å²) in [6.45, 7) is 4.11. The summed E-state index contributed by atoms with van der Waals surface area (Å²) in [7, 11) is 0. The smallest absolute Gasteiger partial charge is 0.127 e. The summed E-state index contributed by atoms with van der Waals surface area (Å²) < 4.78 is 0.878. The van der Waals surface area contributed by atoms with E-state index in [1.54, 1.807) is 12.1 Å². The first kappa shape index (κ1) is 17.8. The van der Waals surface area contributed by atoms with E-state index in [0.29, 0.717) is 16.3 Å². The molecular weight excluding hydrogens is 400 g/mol. The number of anilines is 1. The molecule has 2 aromatic carbocycles. The number of hydrogen-bond acceptors (Lipinski definition) is 3. The van der Waals surface area contributed by atoms with Gasteiger partial charge >= 0.3 is 0 Å². The summed E-state index contributed by atoms with van der Waals surface area (Å²) in [5, 5.41) is 14.3. The SMILES string of the molecule is CC(C)Nc1cc(-c2ccccc2Cl)cc(-c2cc(Br)ccc2O)n1. The van der Waals surface area contributed by atoms with Gasteiger partial charge in [0.25, 0.3) is 0 Å². The molecule has 2 N–H and O–H groups in total. The van der Waals surface area contributed by atoms with Crippen molar-refractivity contribution >= 4 is 33.3 Å². The van der Waals surface area contributed by atoms with Gasteiger partial charge in [0.15, 0.2) is 0 Å². The Bertz CT molecular complexity index is 912. The van der Waals surface area contributed by atoms with Crippen molar-refractivity contribution in [3.8, 4) is 28.1 Å². The lowest BCUT2D eigenvalue weighted by atomic mass is 10.0. The molecule has 0 amide bonds. The number of rotatable bonds is 4. The van der Waals surface area contributed by atoms with Gasteiger partial charge in [0.05, 0.1) is 5.69 Å². The largest absolute Gasteiger partial charge is 0.507 e. The zero-order valence-corrected chi connectivity index (χ0v) is 16.3. The number of nitrogens with zero attached hydrogens (tertiary/aromatic N) is 1. The molecule has 0 aliphatic heterocycles. The van der Waals surface area contributed by atoms with Crippen molar-refractivity contribution in [3.05, 3.63) is 64.1 Å². The van der Waals surface area contributed by atoms with Crippen LogP contribution in [0.2, 0.25) is 5.02 Å². The molecule has 128 valence electrons. The van der Waals surface area contributed by atoms with Crippen LogP contribution >= 0.6 is 27.5 Å². The Morgan fingerprint density at radius 3 is 2.52 bits per heavy atom. The number of aromatic nitrogens is 1. The molecule has 0 unspecified atom stereocenters. The lowest BCUT2D eigenvalue weighted by molar-refractivity contribution is 0.477. The van der Waals surface area contributed by atoms with E-state index in [-0.39, 0.29) is 11.8 Å². The first-order valence-corrected chi connectivity index (χ1v) is 9.13. The van der Waals surface area contributed by atoms with Gasteiger partial charge in [-0.25, -0.2) is 4.98 Å². The van der Waals surface area contributed by atoms with Crippen molar-refractivity contribution in [1.82, 2.24) is 4.98 Å². The molecule has 0 fully saturated rings. The van der Waals surface area contributed by atoms with E-state index in [1.807, 2.05) is 42.5 Å². The van der Waals surface area contributed by atoms with Gasteiger partial charge in [-0.15, -0.1) is 0 Å². The van der Waals surface area contributed by atoms with Crippen molar-refractivity contribution in [1.29, 1.82) is 0 Å². The second kappa shape index (κ2) is 7.46. The molecule has 0 aliphatic carbocycles. The Balaban J connectivity index is 2.20. The highest BCUT2D eigenvalue weighted by Crippen LogP contribution is 2.36. The highest BCUT2D eigenvalue weighted by Gasteiger charge is 2.13. The Hall–Kier alpha value is -2.04. The second-order valence-corrected chi connectivity index (χ2v) is 7.39. The molecule has 0 bridgehead atoms. The van der Waals surface area contributed by atoms with Crippen LogP contribution in [0.15, 0.2) is 59.1 Å². The number of benzene rings is 2. The normalized spacial score (nSPS) is 10.9. The van der Waals surface area contributed by atoms with Crippen LogP contribution in [0.5, 0.6) is 5.75 Å². The second-order valence-electron chi connectivity index (χ2n) is 6.07. The number of pyridine rings is 1. The summed E-state index contributed by atoms with van der Waals surface area (Å²) >= 11 is 9.83. The maximum Gasteiger partial charge on any atom is 0.127 e. The summed E-state index contributed by atoms with van der Waals surface area (Å²) in [5.41, 5.74) is 3.21. The minimum absolute atomic E-state index is 0.183. The van der Waals surface area contributed by atoms with Gasteiger partial charge < -0.3 is 10.4 Å². The molecule has 5 heteroatoms. The maximum absolute atomic E-state index is 10.3. The first-order valence-electron chi connectivity index (χ1n) is 7.96. The third kappa shape index (κ3) is 4.14. The molecule has 0 saturated heterocycles. The number of aromatic hydroxyl groups is 1. The average molecular weight is 418 g/mol. The van der Waals surface area contributed by atoms with Crippen LogP contribution in [-0.2, 0) is 0 Å². The molecule has 0 aliphatic rings. The van der Waals surface area contributed by atoms with E-state index in [1.165, 1.54) is 0 Å². The topological polar surface area (TPSA) is 45.1 Å². The third-order valence-corrected chi connectivity index (χ3v) is 4.50. The van der Waals surface area contributed by atoms with E-state index in [9.17, 15) is 5.11 Å². The van der Waals surface area contributed by atoms with Crippen LogP contribution in [0.1, 0.15) is 13.8 Å². The summed E-state index contributed by atoms with van der Waals surface area (Å²) in [5.74, 6) is 0.921.